The summed E-state index contributed by atoms with van der Waals surface area (Å²) in [6.45, 7) is 3.23. The van der Waals surface area contributed by atoms with E-state index in [2.05, 4.69) is 5.32 Å². The molecule has 1 aliphatic rings. The minimum absolute atomic E-state index is 0.0867. The monoisotopic (exact) mass is 391 g/mol. The molecule has 1 aromatic rings. The molecule has 1 fully saturated rings. The summed E-state index contributed by atoms with van der Waals surface area (Å²) in [4.78, 5) is 12.4. The number of sulfone groups is 1. The van der Waals surface area contributed by atoms with Crippen molar-refractivity contribution in [1.29, 1.82) is 0 Å². The molecule has 0 heterocycles. The van der Waals surface area contributed by atoms with E-state index in [9.17, 15) is 26.4 Å². The topological polar surface area (TPSA) is 63.2 Å². The van der Waals surface area contributed by atoms with Crippen LogP contribution >= 0.6 is 0 Å². The molecule has 26 heavy (non-hydrogen) atoms. The molecular weight excluding hydrogens is 367 g/mol. The van der Waals surface area contributed by atoms with Gasteiger partial charge in [0, 0.05) is 6.04 Å². The molecule has 0 unspecified atom stereocenters. The SMILES string of the molecule is C[C@H](C(=O)N[C@@H]1CCCC[C@@H]1C)S(=O)(=O)Cc1ccccc1C(F)(F)F. The quantitative estimate of drug-likeness (QED) is 0.832. The lowest BCUT2D eigenvalue weighted by molar-refractivity contribution is -0.138. The van der Waals surface area contributed by atoms with Crippen LogP contribution in [0.4, 0.5) is 13.2 Å². The molecule has 1 N–H and O–H groups in total. The van der Waals surface area contributed by atoms with Crippen molar-refractivity contribution < 1.29 is 26.4 Å². The Bertz CT molecular complexity index is 746. The van der Waals surface area contributed by atoms with Crippen LogP contribution in [0.1, 0.15) is 50.7 Å². The lowest BCUT2D eigenvalue weighted by atomic mass is 9.86. The van der Waals surface area contributed by atoms with Gasteiger partial charge in [0.2, 0.25) is 5.91 Å². The average Bonchev–Trinajstić information content (AvgIpc) is 2.55. The van der Waals surface area contributed by atoms with Crippen LogP contribution in [-0.2, 0) is 26.6 Å². The van der Waals surface area contributed by atoms with Crippen molar-refractivity contribution >= 4 is 15.7 Å². The van der Waals surface area contributed by atoms with Gasteiger partial charge in [0.15, 0.2) is 9.84 Å². The number of amides is 1. The molecule has 0 aliphatic heterocycles. The van der Waals surface area contributed by atoms with Crippen molar-refractivity contribution in [2.75, 3.05) is 0 Å². The van der Waals surface area contributed by atoms with Crippen LogP contribution in [0.25, 0.3) is 0 Å². The summed E-state index contributed by atoms with van der Waals surface area (Å²) in [5.41, 5.74) is -1.33. The highest BCUT2D eigenvalue weighted by molar-refractivity contribution is 7.92. The molecule has 3 atom stereocenters. The van der Waals surface area contributed by atoms with Crippen molar-refractivity contribution in [3.63, 3.8) is 0 Å². The van der Waals surface area contributed by atoms with Crippen molar-refractivity contribution in [3.05, 3.63) is 35.4 Å². The Labute approximate surface area is 152 Å². The van der Waals surface area contributed by atoms with Crippen molar-refractivity contribution in [2.24, 2.45) is 5.92 Å². The first-order valence-electron chi connectivity index (χ1n) is 8.69. The molecule has 1 aliphatic carbocycles. The molecule has 0 aromatic heterocycles. The Morgan fingerprint density at radius 3 is 2.46 bits per heavy atom. The highest BCUT2D eigenvalue weighted by atomic mass is 32.2. The Morgan fingerprint density at radius 1 is 1.23 bits per heavy atom. The maximum absolute atomic E-state index is 13.1. The summed E-state index contributed by atoms with van der Waals surface area (Å²) >= 11 is 0. The van der Waals surface area contributed by atoms with E-state index in [4.69, 9.17) is 0 Å². The molecule has 0 saturated heterocycles. The molecule has 8 heteroatoms. The predicted molar refractivity (Wildman–Crippen MR) is 93.1 cm³/mol. The molecular formula is C18H24F3NO3S. The molecule has 1 amide bonds. The fourth-order valence-corrected chi connectivity index (χ4v) is 4.59. The molecule has 1 aromatic carbocycles. The summed E-state index contributed by atoms with van der Waals surface area (Å²) in [7, 11) is -4.08. The van der Waals surface area contributed by atoms with Gasteiger partial charge in [-0.05, 0) is 37.3 Å². The van der Waals surface area contributed by atoms with Crippen LogP contribution in [0.2, 0.25) is 0 Å². The number of rotatable bonds is 5. The molecule has 0 bridgehead atoms. The van der Waals surface area contributed by atoms with Gasteiger partial charge in [-0.3, -0.25) is 4.79 Å². The second kappa shape index (κ2) is 7.98. The molecule has 1 saturated carbocycles. The molecule has 0 radical (unpaired) electrons. The third-order valence-corrected chi connectivity index (χ3v) is 7.03. The van der Waals surface area contributed by atoms with Crippen LogP contribution in [0.5, 0.6) is 0 Å². The molecule has 2 rings (SSSR count). The van der Waals surface area contributed by atoms with Crippen LogP contribution < -0.4 is 5.32 Å². The largest absolute Gasteiger partial charge is 0.416 e. The number of alkyl halides is 3. The Hall–Kier alpha value is -1.57. The summed E-state index contributed by atoms with van der Waals surface area (Å²) in [6.07, 6.45) is -0.845. The highest BCUT2D eigenvalue weighted by Crippen LogP contribution is 2.33. The molecule has 0 spiro atoms. The van der Waals surface area contributed by atoms with E-state index < -0.39 is 38.5 Å². The number of carbonyl (C=O) groups excluding carboxylic acids is 1. The zero-order chi connectivity index (χ0) is 19.5. The zero-order valence-corrected chi connectivity index (χ0v) is 15.7. The van der Waals surface area contributed by atoms with Crippen LogP contribution in [0.15, 0.2) is 24.3 Å². The zero-order valence-electron chi connectivity index (χ0n) is 14.8. The Balaban J connectivity index is 2.13. The van der Waals surface area contributed by atoms with Gasteiger partial charge < -0.3 is 5.32 Å². The van der Waals surface area contributed by atoms with Crippen LogP contribution in [0, 0.1) is 5.92 Å². The van der Waals surface area contributed by atoms with E-state index in [0.717, 1.165) is 37.8 Å². The van der Waals surface area contributed by atoms with E-state index in [1.165, 1.54) is 19.1 Å². The normalized spacial score (nSPS) is 22.7. The van der Waals surface area contributed by atoms with Gasteiger partial charge in [-0.1, -0.05) is 38.0 Å². The van der Waals surface area contributed by atoms with Crippen molar-refractivity contribution in [3.8, 4) is 0 Å². The summed E-state index contributed by atoms with van der Waals surface area (Å²) in [6, 6.07) is 4.46. The standard InChI is InChI=1S/C18H24F3NO3S/c1-12-7-3-6-10-16(12)22-17(23)13(2)26(24,25)11-14-8-4-5-9-15(14)18(19,20)21/h4-5,8-9,12-13,16H,3,6-7,10-11H2,1-2H3,(H,22,23)/t12-,13+,16+/m0/s1. The summed E-state index contributed by atoms with van der Waals surface area (Å²) in [5, 5.41) is 1.36. The van der Waals surface area contributed by atoms with Gasteiger partial charge in [-0.2, -0.15) is 13.2 Å². The van der Waals surface area contributed by atoms with Gasteiger partial charge in [0.05, 0.1) is 11.3 Å². The number of halogens is 3. The van der Waals surface area contributed by atoms with Crippen molar-refractivity contribution in [2.45, 2.75) is 62.8 Å². The highest BCUT2D eigenvalue weighted by Gasteiger charge is 2.36. The lowest BCUT2D eigenvalue weighted by Crippen LogP contribution is -2.47. The Morgan fingerprint density at radius 2 is 1.85 bits per heavy atom. The summed E-state index contributed by atoms with van der Waals surface area (Å²) in [5.74, 6) is -1.21. The van der Waals surface area contributed by atoms with E-state index in [0.29, 0.717) is 0 Å². The number of carbonyl (C=O) groups is 1. The van der Waals surface area contributed by atoms with E-state index >= 15 is 0 Å². The maximum Gasteiger partial charge on any atom is 0.416 e. The van der Waals surface area contributed by atoms with E-state index in [1.54, 1.807) is 0 Å². The fraction of sp³-hybridized carbons (Fsp3) is 0.611. The van der Waals surface area contributed by atoms with Gasteiger partial charge >= 0.3 is 6.18 Å². The van der Waals surface area contributed by atoms with Gasteiger partial charge in [-0.25, -0.2) is 8.42 Å². The molecule has 4 nitrogen and oxygen atoms in total. The van der Waals surface area contributed by atoms with Gasteiger partial charge in [0.25, 0.3) is 0 Å². The van der Waals surface area contributed by atoms with Crippen molar-refractivity contribution in [1.82, 2.24) is 5.32 Å². The number of hydrogen-bond acceptors (Lipinski definition) is 3. The van der Waals surface area contributed by atoms with E-state index in [1.807, 2.05) is 6.92 Å². The van der Waals surface area contributed by atoms with Crippen LogP contribution in [-0.4, -0.2) is 25.6 Å². The fourth-order valence-electron chi connectivity index (χ4n) is 3.26. The third kappa shape index (κ3) is 4.99. The first kappa shape index (κ1) is 20.7. The first-order chi connectivity index (χ1) is 12.0. The molecule has 146 valence electrons. The smallest absolute Gasteiger partial charge is 0.352 e. The van der Waals surface area contributed by atoms with Crippen LogP contribution in [0.3, 0.4) is 0 Å². The van der Waals surface area contributed by atoms with E-state index in [-0.39, 0.29) is 17.5 Å². The number of nitrogens with one attached hydrogen (secondary N) is 1. The maximum atomic E-state index is 13.1. The van der Waals surface area contributed by atoms with Gasteiger partial charge in [0.1, 0.15) is 5.25 Å². The van der Waals surface area contributed by atoms with Gasteiger partial charge in [-0.15, -0.1) is 0 Å². The number of hydrogen-bond donors (Lipinski definition) is 1. The lowest BCUT2D eigenvalue weighted by Gasteiger charge is -2.30. The average molecular weight is 391 g/mol. The minimum Gasteiger partial charge on any atom is -0.352 e. The number of benzene rings is 1. The third-order valence-electron chi connectivity index (χ3n) is 5.03. The predicted octanol–water partition coefficient (Wildman–Crippen LogP) is 3.70. The summed E-state index contributed by atoms with van der Waals surface area (Å²) < 4.78 is 64.2. The second-order valence-electron chi connectivity index (χ2n) is 6.98. The Kier molecular flexibility index (Phi) is 6.37. The second-order valence-corrected chi connectivity index (χ2v) is 9.30. The first-order valence-corrected chi connectivity index (χ1v) is 10.4. The minimum atomic E-state index is -4.64.